The van der Waals surface area contributed by atoms with Gasteiger partial charge < -0.3 is 24.8 Å². The summed E-state index contributed by atoms with van der Waals surface area (Å²) < 4.78 is 21.5. The standard InChI is InChI=1S/C42H34N8O4/c43-38-31(8-4-16-44-38)39-46-34-12-14-37(49-18-5-17-45-49)47-40(34)50(39)29-10-11-30-27(22-29)9-13-35(30)48-19-15-28-23-36(54-25-26-6-2-1-3-7-26)33(24-32(28)41(48)51)42-52-20-21-53-42/h1-8,10-12,14,16-18,20-24,35,42H,9,13,15,19,25H2,(H2,43,44)/t35-/m0/s1. The van der Waals surface area contributed by atoms with Crippen LogP contribution in [0.5, 0.6) is 5.75 Å². The van der Waals surface area contributed by atoms with Crippen molar-refractivity contribution in [3.63, 3.8) is 0 Å². The molecule has 0 fully saturated rings. The van der Waals surface area contributed by atoms with Gasteiger partial charge in [-0.25, -0.2) is 19.6 Å². The highest BCUT2D eigenvalue weighted by molar-refractivity contribution is 5.97. The van der Waals surface area contributed by atoms with Crippen molar-refractivity contribution < 1.29 is 19.0 Å². The molecule has 7 aromatic rings. The van der Waals surface area contributed by atoms with Gasteiger partial charge in [-0.2, -0.15) is 5.10 Å². The van der Waals surface area contributed by atoms with Crippen LogP contribution in [0.15, 0.2) is 122 Å². The van der Waals surface area contributed by atoms with E-state index in [1.54, 1.807) is 17.1 Å². The number of nitrogen functional groups attached to an aromatic ring is 1. The Morgan fingerprint density at radius 1 is 0.833 bits per heavy atom. The number of nitrogens with zero attached hydrogens (tertiary/aromatic N) is 7. The molecule has 1 amide bonds. The number of pyridine rings is 2. The number of anilines is 1. The van der Waals surface area contributed by atoms with Crippen molar-refractivity contribution in [2.24, 2.45) is 0 Å². The zero-order chi connectivity index (χ0) is 36.2. The summed E-state index contributed by atoms with van der Waals surface area (Å²) in [7, 11) is 0. The number of imidazole rings is 1. The molecule has 1 atom stereocenters. The van der Waals surface area contributed by atoms with E-state index in [1.165, 1.54) is 18.1 Å². The van der Waals surface area contributed by atoms with E-state index in [0.717, 1.165) is 40.7 Å². The SMILES string of the molecule is Nc1ncccc1-c1nc2ccc(-n3cccn3)nc2n1-c1ccc2c(c1)CC[C@@H]2N1CCc2cc(OCc3ccccc3)c(C3OC=CO3)cc2C1=O. The summed E-state index contributed by atoms with van der Waals surface area (Å²) in [4.78, 5) is 30.7. The van der Waals surface area contributed by atoms with Gasteiger partial charge in [0.25, 0.3) is 12.2 Å². The third kappa shape index (κ3) is 5.42. The number of nitrogens with two attached hydrogens (primary N) is 1. The number of carbonyl (C=O) groups excluding carboxylic acids is 1. The first-order valence-corrected chi connectivity index (χ1v) is 17.9. The van der Waals surface area contributed by atoms with Gasteiger partial charge in [0.15, 0.2) is 17.3 Å². The molecule has 0 bridgehead atoms. The maximum Gasteiger partial charge on any atom is 0.269 e. The number of aromatic nitrogens is 6. The molecule has 1 aliphatic carbocycles. The van der Waals surface area contributed by atoms with E-state index in [4.69, 9.17) is 29.9 Å². The average Bonchev–Trinajstić information content (AvgIpc) is 4.05. The molecule has 2 N–H and O–H groups in total. The van der Waals surface area contributed by atoms with Crippen molar-refractivity contribution in [2.75, 3.05) is 12.3 Å². The van der Waals surface area contributed by atoms with Crippen molar-refractivity contribution in [3.05, 3.63) is 155 Å². The lowest BCUT2D eigenvalue weighted by Gasteiger charge is -2.35. The smallest absolute Gasteiger partial charge is 0.269 e. The second-order valence-electron chi connectivity index (χ2n) is 13.6. The van der Waals surface area contributed by atoms with Crippen molar-refractivity contribution >= 4 is 22.9 Å². The summed E-state index contributed by atoms with van der Waals surface area (Å²) in [6.45, 7) is 0.991. The van der Waals surface area contributed by atoms with E-state index in [1.807, 2.05) is 88.5 Å². The summed E-state index contributed by atoms with van der Waals surface area (Å²) in [6.07, 6.45) is 9.93. The first-order chi connectivity index (χ1) is 26.6. The lowest BCUT2D eigenvalue weighted by atomic mass is 9.93. The summed E-state index contributed by atoms with van der Waals surface area (Å²) in [5.41, 5.74) is 15.1. The Balaban J connectivity index is 0.988. The lowest BCUT2D eigenvalue weighted by molar-refractivity contribution is -0.0266. The summed E-state index contributed by atoms with van der Waals surface area (Å²) >= 11 is 0. The predicted octanol–water partition coefficient (Wildman–Crippen LogP) is 7.03. The predicted molar refractivity (Wildman–Crippen MR) is 201 cm³/mol. The zero-order valence-electron chi connectivity index (χ0n) is 29.1. The Hall–Kier alpha value is -6.95. The van der Waals surface area contributed by atoms with Gasteiger partial charge in [0, 0.05) is 36.4 Å². The van der Waals surface area contributed by atoms with Crippen LogP contribution in [0.25, 0.3) is 34.1 Å². The summed E-state index contributed by atoms with van der Waals surface area (Å²) in [5.74, 6) is 2.34. The largest absolute Gasteiger partial charge is 0.488 e. The average molecular weight is 715 g/mol. The van der Waals surface area contributed by atoms with Gasteiger partial charge in [0.2, 0.25) is 0 Å². The van der Waals surface area contributed by atoms with Crippen LogP contribution in [0, 0.1) is 0 Å². The Morgan fingerprint density at radius 2 is 1.72 bits per heavy atom. The number of amides is 1. The number of rotatable bonds is 8. The number of carbonyl (C=O) groups is 1. The molecule has 12 nitrogen and oxygen atoms in total. The molecular formula is C42H34N8O4. The van der Waals surface area contributed by atoms with Gasteiger partial charge in [0.1, 0.15) is 36.2 Å². The van der Waals surface area contributed by atoms with Crippen LogP contribution in [0.3, 0.4) is 0 Å². The normalized spacial score (nSPS) is 16.3. The van der Waals surface area contributed by atoms with E-state index >= 15 is 0 Å². The molecule has 0 saturated carbocycles. The van der Waals surface area contributed by atoms with Crippen LogP contribution in [0.4, 0.5) is 5.82 Å². The topological polar surface area (TPSA) is 135 Å². The molecule has 0 radical (unpaired) electrons. The molecule has 0 spiro atoms. The van der Waals surface area contributed by atoms with Crippen LogP contribution >= 0.6 is 0 Å². The fourth-order valence-electron chi connectivity index (χ4n) is 7.82. The maximum absolute atomic E-state index is 14.4. The molecule has 2 aliphatic heterocycles. The molecule has 0 unspecified atom stereocenters. The fourth-order valence-corrected chi connectivity index (χ4v) is 7.82. The second kappa shape index (κ2) is 12.9. The second-order valence-corrected chi connectivity index (χ2v) is 13.6. The monoisotopic (exact) mass is 714 g/mol. The van der Waals surface area contributed by atoms with Crippen LogP contribution < -0.4 is 10.5 Å². The third-order valence-electron chi connectivity index (χ3n) is 10.4. The minimum atomic E-state index is -0.689. The number of aryl methyl sites for hydroxylation is 1. The van der Waals surface area contributed by atoms with E-state index < -0.39 is 6.29 Å². The Labute approximate surface area is 310 Å². The number of hydrogen-bond acceptors (Lipinski definition) is 9. The molecule has 0 saturated heterocycles. The van der Waals surface area contributed by atoms with Gasteiger partial charge in [-0.3, -0.25) is 9.36 Å². The zero-order valence-corrected chi connectivity index (χ0v) is 29.1. The first kappa shape index (κ1) is 31.8. The minimum absolute atomic E-state index is 0.00899. The summed E-state index contributed by atoms with van der Waals surface area (Å²) in [5, 5.41) is 4.38. The minimum Gasteiger partial charge on any atom is -0.488 e. The van der Waals surface area contributed by atoms with E-state index in [2.05, 4.69) is 28.3 Å². The molecule has 6 heterocycles. The van der Waals surface area contributed by atoms with Crippen molar-refractivity contribution in [1.82, 2.24) is 34.2 Å². The molecular weight excluding hydrogens is 681 g/mol. The number of hydrogen-bond donors (Lipinski definition) is 1. The van der Waals surface area contributed by atoms with Gasteiger partial charge in [-0.1, -0.05) is 36.4 Å². The van der Waals surface area contributed by atoms with Crippen molar-refractivity contribution in [3.8, 4) is 28.6 Å². The number of ether oxygens (including phenoxy) is 3. The van der Waals surface area contributed by atoms with Gasteiger partial charge >= 0.3 is 0 Å². The Morgan fingerprint density at radius 3 is 2.56 bits per heavy atom. The summed E-state index contributed by atoms with van der Waals surface area (Å²) in [6, 6.07) is 29.7. The van der Waals surface area contributed by atoms with Crippen LogP contribution in [-0.2, 0) is 28.9 Å². The van der Waals surface area contributed by atoms with E-state index in [-0.39, 0.29) is 11.9 Å². The van der Waals surface area contributed by atoms with E-state index in [9.17, 15) is 4.79 Å². The molecule has 54 heavy (non-hydrogen) atoms. The lowest BCUT2D eigenvalue weighted by Crippen LogP contribution is -2.39. The highest BCUT2D eigenvalue weighted by Gasteiger charge is 2.37. The Kier molecular flexibility index (Phi) is 7.60. The molecule has 12 heteroatoms. The van der Waals surface area contributed by atoms with Crippen molar-refractivity contribution in [2.45, 2.75) is 38.2 Å². The molecule has 3 aromatic carbocycles. The molecule has 266 valence electrons. The fraction of sp³-hybridized carbons (Fsp3) is 0.167. The highest BCUT2D eigenvalue weighted by atomic mass is 16.7. The highest BCUT2D eigenvalue weighted by Crippen LogP contribution is 2.42. The molecule has 10 rings (SSSR count). The van der Waals surface area contributed by atoms with Gasteiger partial charge in [0.05, 0.1) is 17.2 Å². The van der Waals surface area contributed by atoms with Crippen LogP contribution in [0.2, 0.25) is 0 Å². The van der Waals surface area contributed by atoms with Gasteiger partial charge in [-0.05, 0) is 96.1 Å². The van der Waals surface area contributed by atoms with Crippen LogP contribution in [-0.4, -0.2) is 46.7 Å². The first-order valence-electron chi connectivity index (χ1n) is 17.9. The van der Waals surface area contributed by atoms with Crippen LogP contribution in [0.1, 0.15) is 56.9 Å². The Bertz CT molecular complexity index is 2580. The quantitative estimate of drug-likeness (QED) is 0.176. The van der Waals surface area contributed by atoms with Crippen molar-refractivity contribution in [1.29, 1.82) is 0 Å². The van der Waals surface area contributed by atoms with E-state index in [0.29, 0.717) is 65.1 Å². The number of benzene rings is 3. The molecule has 4 aromatic heterocycles. The molecule has 3 aliphatic rings. The third-order valence-corrected chi connectivity index (χ3v) is 10.4. The maximum atomic E-state index is 14.4. The number of fused-ring (bicyclic) bond motifs is 3. The van der Waals surface area contributed by atoms with Gasteiger partial charge in [-0.15, -0.1) is 0 Å².